The van der Waals surface area contributed by atoms with Crippen molar-refractivity contribution in [2.45, 2.75) is 58.5 Å². The molecule has 16 heavy (non-hydrogen) atoms. The van der Waals surface area contributed by atoms with E-state index in [1.54, 1.807) is 0 Å². The fraction of sp³-hybridized carbons (Fsp3) is 0.923. The van der Waals surface area contributed by atoms with Crippen molar-refractivity contribution in [2.24, 2.45) is 5.92 Å². The van der Waals surface area contributed by atoms with E-state index in [1.807, 2.05) is 4.90 Å². The van der Waals surface area contributed by atoms with E-state index in [9.17, 15) is 9.90 Å². The molecule has 1 aliphatic rings. The second-order valence-corrected chi connectivity index (χ2v) is 4.83. The van der Waals surface area contributed by atoms with Crippen molar-refractivity contribution in [3.05, 3.63) is 0 Å². The van der Waals surface area contributed by atoms with Gasteiger partial charge in [0.2, 0.25) is 5.91 Å². The number of rotatable bonds is 5. The Morgan fingerprint density at radius 1 is 1.25 bits per heavy atom. The Bertz CT molecular complexity index is 204. The van der Waals surface area contributed by atoms with E-state index in [1.165, 1.54) is 0 Å². The molecule has 1 rings (SSSR count). The van der Waals surface area contributed by atoms with Gasteiger partial charge in [-0.05, 0) is 25.7 Å². The molecule has 0 bridgehead atoms. The minimum Gasteiger partial charge on any atom is -0.393 e. The number of amides is 1. The minimum atomic E-state index is -0.195. The van der Waals surface area contributed by atoms with Gasteiger partial charge in [-0.15, -0.1) is 0 Å². The third-order valence-corrected chi connectivity index (χ3v) is 3.40. The first-order valence-corrected chi connectivity index (χ1v) is 6.65. The Balaban J connectivity index is 2.46. The Morgan fingerprint density at radius 3 is 2.19 bits per heavy atom. The van der Waals surface area contributed by atoms with Gasteiger partial charge in [-0.1, -0.05) is 26.7 Å². The maximum Gasteiger partial charge on any atom is 0.225 e. The summed E-state index contributed by atoms with van der Waals surface area (Å²) in [7, 11) is 0. The Labute approximate surface area is 98.8 Å². The number of likely N-dealkylation sites (tertiary alicyclic amines) is 1. The second kappa shape index (κ2) is 6.89. The molecule has 1 N–H and O–H groups in total. The van der Waals surface area contributed by atoms with Gasteiger partial charge in [-0.2, -0.15) is 0 Å². The fourth-order valence-electron chi connectivity index (χ4n) is 2.43. The maximum atomic E-state index is 12.2. The van der Waals surface area contributed by atoms with Gasteiger partial charge in [0.25, 0.3) is 0 Å². The first-order chi connectivity index (χ1) is 7.69. The molecule has 0 unspecified atom stereocenters. The van der Waals surface area contributed by atoms with Crippen LogP contribution in [0.5, 0.6) is 0 Å². The van der Waals surface area contributed by atoms with E-state index in [2.05, 4.69) is 13.8 Å². The summed E-state index contributed by atoms with van der Waals surface area (Å²) in [5.41, 5.74) is 0. The van der Waals surface area contributed by atoms with Gasteiger partial charge >= 0.3 is 0 Å². The molecular formula is C13H25NO2. The van der Waals surface area contributed by atoms with E-state index in [0.29, 0.717) is 5.91 Å². The highest BCUT2D eigenvalue weighted by Crippen LogP contribution is 2.19. The van der Waals surface area contributed by atoms with Crippen LogP contribution in [0.1, 0.15) is 52.4 Å². The van der Waals surface area contributed by atoms with Crippen LogP contribution in [0.25, 0.3) is 0 Å². The quantitative estimate of drug-likeness (QED) is 0.782. The van der Waals surface area contributed by atoms with Gasteiger partial charge in [0.15, 0.2) is 0 Å². The van der Waals surface area contributed by atoms with Crippen LogP contribution in [-0.4, -0.2) is 35.1 Å². The number of aliphatic hydroxyl groups is 1. The van der Waals surface area contributed by atoms with Crippen LogP contribution < -0.4 is 0 Å². The molecule has 1 fully saturated rings. The van der Waals surface area contributed by atoms with Crippen molar-refractivity contribution in [3.8, 4) is 0 Å². The third kappa shape index (κ3) is 3.78. The molecule has 1 aliphatic heterocycles. The van der Waals surface area contributed by atoms with Crippen molar-refractivity contribution in [3.63, 3.8) is 0 Å². The number of aliphatic hydroxyl groups excluding tert-OH is 1. The summed E-state index contributed by atoms with van der Waals surface area (Å²) in [6, 6.07) is 0. The van der Waals surface area contributed by atoms with Crippen LogP contribution in [0.4, 0.5) is 0 Å². The van der Waals surface area contributed by atoms with Crippen molar-refractivity contribution in [2.75, 3.05) is 13.1 Å². The van der Waals surface area contributed by atoms with Gasteiger partial charge in [-0.25, -0.2) is 0 Å². The number of hydrogen-bond donors (Lipinski definition) is 1. The molecule has 0 aromatic heterocycles. The van der Waals surface area contributed by atoms with Crippen LogP contribution in [0.15, 0.2) is 0 Å². The molecule has 0 spiro atoms. The molecular weight excluding hydrogens is 202 g/mol. The lowest BCUT2D eigenvalue weighted by Crippen LogP contribution is -2.43. The fourth-order valence-corrected chi connectivity index (χ4v) is 2.43. The van der Waals surface area contributed by atoms with Gasteiger partial charge < -0.3 is 10.0 Å². The number of nitrogens with zero attached hydrogens (tertiary/aromatic N) is 1. The van der Waals surface area contributed by atoms with E-state index >= 15 is 0 Å². The van der Waals surface area contributed by atoms with Crippen molar-refractivity contribution < 1.29 is 9.90 Å². The standard InChI is InChI=1S/C13H25NO2/c1-3-5-11(6-4-2)13(16)14-9-7-12(15)8-10-14/h11-12,15H,3-10H2,1-2H3. The number of carbonyl (C=O) groups excluding carboxylic acids is 1. The lowest BCUT2D eigenvalue weighted by molar-refractivity contribution is -0.138. The lowest BCUT2D eigenvalue weighted by atomic mass is 9.95. The first kappa shape index (κ1) is 13.5. The molecule has 1 heterocycles. The van der Waals surface area contributed by atoms with Gasteiger partial charge in [0.05, 0.1) is 6.10 Å². The molecule has 0 saturated carbocycles. The van der Waals surface area contributed by atoms with E-state index in [0.717, 1.165) is 51.6 Å². The Morgan fingerprint density at radius 2 is 1.75 bits per heavy atom. The third-order valence-electron chi connectivity index (χ3n) is 3.40. The summed E-state index contributed by atoms with van der Waals surface area (Å²) in [4.78, 5) is 14.2. The summed E-state index contributed by atoms with van der Waals surface area (Å²) in [5.74, 6) is 0.529. The van der Waals surface area contributed by atoms with Gasteiger partial charge in [0, 0.05) is 19.0 Å². The SMILES string of the molecule is CCCC(CCC)C(=O)N1CCC(O)CC1. The number of carbonyl (C=O) groups is 1. The molecule has 3 nitrogen and oxygen atoms in total. The van der Waals surface area contributed by atoms with Gasteiger partial charge in [0.1, 0.15) is 0 Å². The summed E-state index contributed by atoms with van der Waals surface area (Å²) < 4.78 is 0. The largest absolute Gasteiger partial charge is 0.393 e. The molecule has 94 valence electrons. The molecule has 0 atom stereocenters. The van der Waals surface area contributed by atoms with Crippen molar-refractivity contribution in [1.29, 1.82) is 0 Å². The average molecular weight is 227 g/mol. The first-order valence-electron chi connectivity index (χ1n) is 6.65. The van der Waals surface area contributed by atoms with Crippen LogP contribution in [0.2, 0.25) is 0 Å². The monoisotopic (exact) mass is 227 g/mol. The van der Waals surface area contributed by atoms with Gasteiger partial charge in [-0.3, -0.25) is 4.79 Å². The lowest BCUT2D eigenvalue weighted by Gasteiger charge is -2.32. The molecule has 3 heteroatoms. The van der Waals surface area contributed by atoms with Crippen LogP contribution in [0, 0.1) is 5.92 Å². The van der Waals surface area contributed by atoms with E-state index in [4.69, 9.17) is 0 Å². The van der Waals surface area contributed by atoms with Crippen LogP contribution in [0.3, 0.4) is 0 Å². The van der Waals surface area contributed by atoms with Crippen molar-refractivity contribution in [1.82, 2.24) is 4.90 Å². The smallest absolute Gasteiger partial charge is 0.225 e. The number of hydrogen-bond acceptors (Lipinski definition) is 2. The van der Waals surface area contributed by atoms with Crippen LogP contribution in [-0.2, 0) is 4.79 Å². The number of piperidine rings is 1. The molecule has 1 saturated heterocycles. The Hall–Kier alpha value is -0.570. The average Bonchev–Trinajstić information content (AvgIpc) is 2.29. The summed E-state index contributed by atoms with van der Waals surface area (Å²) >= 11 is 0. The highest BCUT2D eigenvalue weighted by Gasteiger charge is 2.26. The highest BCUT2D eigenvalue weighted by molar-refractivity contribution is 5.78. The predicted octanol–water partition coefficient (Wildman–Crippen LogP) is 2.19. The summed E-state index contributed by atoms with van der Waals surface area (Å²) in [6.07, 6.45) is 5.46. The van der Waals surface area contributed by atoms with Crippen LogP contribution >= 0.6 is 0 Å². The molecule has 0 aliphatic carbocycles. The summed E-state index contributed by atoms with van der Waals surface area (Å²) in [5, 5.41) is 9.42. The zero-order valence-electron chi connectivity index (χ0n) is 10.6. The highest BCUT2D eigenvalue weighted by atomic mass is 16.3. The maximum absolute atomic E-state index is 12.2. The molecule has 1 amide bonds. The summed E-state index contributed by atoms with van der Waals surface area (Å²) in [6.45, 7) is 5.75. The van der Waals surface area contributed by atoms with Crippen molar-refractivity contribution >= 4 is 5.91 Å². The second-order valence-electron chi connectivity index (χ2n) is 4.83. The zero-order chi connectivity index (χ0) is 12.0. The van der Waals surface area contributed by atoms with E-state index < -0.39 is 0 Å². The van der Waals surface area contributed by atoms with E-state index in [-0.39, 0.29) is 12.0 Å². The molecule has 0 aromatic rings. The minimum absolute atomic E-state index is 0.195. The molecule has 0 radical (unpaired) electrons. The Kier molecular flexibility index (Phi) is 5.81. The topological polar surface area (TPSA) is 40.5 Å². The molecule has 0 aromatic carbocycles. The zero-order valence-corrected chi connectivity index (χ0v) is 10.6. The predicted molar refractivity (Wildman–Crippen MR) is 65.1 cm³/mol. The normalized spacial score (nSPS) is 18.1.